The Balaban J connectivity index is 1.74. The van der Waals surface area contributed by atoms with Crippen LogP contribution in [0, 0.1) is 0 Å². The molecule has 2 aromatic carbocycles. The summed E-state index contributed by atoms with van der Waals surface area (Å²) < 4.78 is 39.1. The molecular formula is C23H16F3N3O2. The number of hydrogen-bond acceptors (Lipinski definition) is 3. The smallest absolute Gasteiger partial charge is 0.345 e. The second kappa shape index (κ2) is 7.71. The number of rotatable bonds is 4. The van der Waals surface area contributed by atoms with Gasteiger partial charge in [0.15, 0.2) is 5.78 Å². The molecule has 0 atom stereocenters. The van der Waals surface area contributed by atoms with Gasteiger partial charge in [-0.15, -0.1) is 0 Å². The predicted octanol–water partition coefficient (Wildman–Crippen LogP) is 5.44. The van der Waals surface area contributed by atoms with Crippen molar-refractivity contribution >= 4 is 28.4 Å². The SMILES string of the molecule is CC(=O)Nc1cccc(-c2cnc3[nH]cc(C(=O)c4cccc(C(F)(F)F)c4)c3c2)c1. The average Bonchev–Trinajstić information content (AvgIpc) is 3.15. The quantitative estimate of drug-likeness (QED) is 0.430. The molecule has 2 aromatic heterocycles. The monoisotopic (exact) mass is 423 g/mol. The number of hydrogen-bond donors (Lipinski definition) is 2. The molecule has 0 saturated carbocycles. The lowest BCUT2D eigenvalue weighted by atomic mass is 9.99. The molecule has 0 fully saturated rings. The number of ketones is 1. The van der Waals surface area contributed by atoms with Crippen LogP contribution in [0.3, 0.4) is 0 Å². The van der Waals surface area contributed by atoms with Gasteiger partial charge in [0.2, 0.25) is 5.91 Å². The van der Waals surface area contributed by atoms with Crippen LogP contribution in [-0.4, -0.2) is 21.7 Å². The van der Waals surface area contributed by atoms with E-state index in [4.69, 9.17) is 0 Å². The van der Waals surface area contributed by atoms with E-state index >= 15 is 0 Å². The minimum atomic E-state index is -4.54. The summed E-state index contributed by atoms with van der Waals surface area (Å²) in [6, 6.07) is 13.2. The number of carbonyl (C=O) groups is 2. The predicted molar refractivity (Wildman–Crippen MR) is 111 cm³/mol. The summed E-state index contributed by atoms with van der Waals surface area (Å²) in [6.45, 7) is 1.41. The first-order chi connectivity index (χ1) is 14.7. The second-order valence-electron chi connectivity index (χ2n) is 6.99. The average molecular weight is 423 g/mol. The summed E-state index contributed by atoms with van der Waals surface area (Å²) >= 11 is 0. The second-order valence-corrected chi connectivity index (χ2v) is 6.99. The number of aromatic nitrogens is 2. The van der Waals surface area contributed by atoms with E-state index in [1.807, 2.05) is 6.07 Å². The van der Waals surface area contributed by atoms with E-state index in [9.17, 15) is 22.8 Å². The van der Waals surface area contributed by atoms with Crippen molar-refractivity contribution in [2.24, 2.45) is 0 Å². The molecule has 0 unspecified atom stereocenters. The Kier molecular flexibility index (Phi) is 5.06. The van der Waals surface area contributed by atoms with E-state index in [2.05, 4.69) is 15.3 Å². The van der Waals surface area contributed by atoms with Crippen molar-refractivity contribution in [3.05, 3.63) is 83.7 Å². The normalized spacial score (nSPS) is 11.5. The topological polar surface area (TPSA) is 74.8 Å². The van der Waals surface area contributed by atoms with Crippen LogP contribution in [-0.2, 0) is 11.0 Å². The van der Waals surface area contributed by atoms with Crippen LogP contribution in [0.15, 0.2) is 67.0 Å². The van der Waals surface area contributed by atoms with Gasteiger partial charge in [0.25, 0.3) is 0 Å². The van der Waals surface area contributed by atoms with Gasteiger partial charge in [0.05, 0.1) is 5.56 Å². The van der Waals surface area contributed by atoms with E-state index < -0.39 is 17.5 Å². The third kappa shape index (κ3) is 4.18. The fraction of sp³-hybridized carbons (Fsp3) is 0.0870. The molecule has 0 bridgehead atoms. The Morgan fingerprint density at radius 3 is 2.52 bits per heavy atom. The number of fused-ring (bicyclic) bond motifs is 1. The van der Waals surface area contributed by atoms with Crippen molar-refractivity contribution in [1.29, 1.82) is 0 Å². The first-order valence-electron chi connectivity index (χ1n) is 9.29. The largest absolute Gasteiger partial charge is 0.416 e. The van der Waals surface area contributed by atoms with Crippen LogP contribution < -0.4 is 5.32 Å². The Morgan fingerprint density at radius 2 is 1.77 bits per heavy atom. The van der Waals surface area contributed by atoms with Crippen molar-refractivity contribution in [2.75, 3.05) is 5.32 Å². The minimum Gasteiger partial charge on any atom is -0.345 e. The number of benzene rings is 2. The summed E-state index contributed by atoms with van der Waals surface area (Å²) in [5.74, 6) is -0.742. The maximum absolute atomic E-state index is 13.0. The van der Waals surface area contributed by atoms with Crippen molar-refractivity contribution in [3.63, 3.8) is 0 Å². The van der Waals surface area contributed by atoms with Crippen molar-refractivity contribution in [2.45, 2.75) is 13.1 Å². The van der Waals surface area contributed by atoms with Crippen LogP contribution in [0.5, 0.6) is 0 Å². The summed E-state index contributed by atoms with van der Waals surface area (Å²) in [5, 5.41) is 3.19. The number of nitrogens with zero attached hydrogens (tertiary/aromatic N) is 1. The van der Waals surface area contributed by atoms with Crippen LogP contribution >= 0.6 is 0 Å². The molecule has 0 aliphatic heterocycles. The molecule has 2 heterocycles. The first kappa shape index (κ1) is 20.3. The zero-order valence-electron chi connectivity index (χ0n) is 16.2. The van der Waals surface area contributed by atoms with Crippen molar-refractivity contribution in [3.8, 4) is 11.1 Å². The highest BCUT2D eigenvalue weighted by Gasteiger charge is 2.31. The molecule has 5 nitrogen and oxygen atoms in total. The summed E-state index contributed by atoms with van der Waals surface area (Å²) in [7, 11) is 0. The maximum atomic E-state index is 13.0. The number of pyridine rings is 1. The fourth-order valence-electron chi connectivity index (χ4n) is 3.32. The van der Waals surface area contributed by atoms with E-state index in [1.54, 1.807) is 30.5 Å². The van der Waals surface area contributed by atoms with Crippen LogP contribution in [0.4, 0.5) is 18.9 Å². The minimum absolute atomic E-state index is 0.0613. The highest BCUT2D eigenvalue weighted by atomic mass is 19.4. The number of aromatic amines is 1. The molecule has 156 valence electrons. The third-order valence-electron chi connectivity index (χ3n) is 4.74. The number of halogens is 3. The summed E-state index contributed by atoms with van der Waals surface area (Å²) in [6.07, 6.45) is -1.48. The van der Waals surface area contributed by atoms with Gasteiger partial charge in [0, 0.05) is 47.1 Å². The highest BCUT2D eigenvalue weighted by Crippen LogP contribution is 2.31. The fourth-order valence-corrected chi connectivity index (χ4v) is 3.32. The standard InChI is InChI=1S/C23H16F3N3O2/c1-13(30)29-18-7-3-4-14(9-18)16-10-19-20(12-28-22(19)27-11-16)21(31)15-5-2-6-17(8-15)23(24,25)26/h2-12H,1H3,(H,27,28)(H,29,30). The Hall–Kier alpha value is -3.94. The highest BCUT2D eigenvalue weighted by molar-refractivity contribution is 6.16. The van der Waals surface area contributed by atoms with Gasteiger partial charge in [0.1, 0.15) is 5.65 Å². The number of carbonyl (C=O) groups excluding carboxylic acids is 2. The molecule has 0 aliphatic rings. The maximum Gasteiger partial charge on any atom is 0.416 e. The van der Waals surface area contributed by atoms with Crippen molar-refractivity contribution < 1.29 is 22.8 Å². The molecule has 2 N–H and O–H groups in total. The molecule has 31 heavy (non-hydrogen) atoms. The van der Waals surface area contributed by atoms with Crippen LogP contribution in [0.2, 0.25) is 0 Å². The first-order valence-corrected chi connectivity index (χ1v) is 9.29. The lowest BCUT2D eigenvalue weighted by molar-refractivity contribution is -0.137. The molecule has 0 spiro atoms. The van der Waals surface area contributed by atoms with Gasteiger partial charge in [-0.1, -0.05) is 24.3 Å². The third-order valence-corrected chi connectivity index (χ3v) is 4.74. The molecule has 1 amide bonds. The van der Waals surface area contributed by atoms with Gasteiger partial charge in [-0.3, -0.25) is 9.59 Å². The van der Waals surface area contributed by atoms with Gasteiger partial charge in [-0.25, -0.2) is 4.98 Å². The summed E-state index contributed by atoms with van der Waals surface area (Å²) in [5.41, 5.74) is 1.79. The van der Waals surface area contributed by atoms with E-state index in [0.717, 1.165) is 17.7 Å². The lowest BCUT2D eigenvalue weighted by Crippen LogP contribution is -2.08. The number of nitrogens with one attached hydrogen (secondary N) is 2. The molecular weight excluding hydrogens is 407 g/mol. The van der Waals surface area contributed by atoms with Gasteiger partial charge in [-0.05, 0) is 35.9 Å². The van der Waals surface area contributed by atoms with Gasteiger partial charge in [-0.2, -0.15) is 13.2 Å². The van der Waals surface area contributed by atoms with E-state index in [1.165, 1.54) is 25.3 Å². The molecule has 0 radical (unpaired) electrons. The number of H-pyrrole nitrogens is 1. The Morgan fingerprint density at radius 1 is 1.00 bits per heavy atom. The van der Waals surface area contributed by atoms with Crippen LogP contribution in [0.1, 0.15) is 28.4 Å². The van der Waals surface area contributed by atoms with Gasteiger partial charge >= 0.3 is 6.18 Å². The molecule has 4 rings (SSSR count). The zero-order valence-corrected chi connectivity index (χ0v) is 16.2. The van der Waals surface area contributed by atoms with Gasteiger partial charge < -0.3 is 10.3 Å². The molecule has 0 aliphatic carbocycles. The van der Waals surface area contributed by atoms with E-state index in [-0.39, 0.29) is 17.0 Å². The number of alkyl halides is 3. The Bertz CT molecular complexity index is 1310. The number of amides is 1. The van der Waals surface area contributed by atoms with Crippen molar-refractivity contribution in [1.82, 2.24) is 9.97 Å². The van der Waals surface area contributed by atoms with E-state index in [0.29, 0.717) is 22.3 Å². The van der Waals surface area contributed by atoms with Crippen LogP contribution in [0.25, 0.3) is 22.2 Å². The lowest BCUT2D eigenvalue weighted by Gasteiger charge is -2.08. The number of anilines is 1. The summed E-state index contributed by atoms with van der Waals surface area (Å²) in [4.78, 5) is 31.5. The molecule has 4 aromatic rings. The molecule has 8 heteroatoms. The zero-order chi connectivity index (χ0) is 22.2. The Labute approximate surface area is 174 Å². The molecule has 0 saturated heterocycles.